The van der Waals surface area contributed by atoms with Crippen LogP contribution in [0.25, 0.3) is 0 Å². The van der Waals surface area contributed by atoms with E-state index in [1.165, 1.54) is 57.8 Å². The second kappa shape index (κ2) is 7.99. The molecule has 5 aliphatic rings. The molecular formula is C29H48O3. The second-order valence-electron chi connectivity index (χ2n) is 13.7. The highest BCUT2D eigenvalue weighted by Crippen LogP contribution is 2.71. The van der Waals surface area contributed by atoms with E-state index < -0.39 is 0 Å². The van der Waals surface area contributed by atoms with Crippen LogP contribution in [-0.4, -0.2) is 24.3 Å². The van der Waals surface area contributed by atoms with Crippen LogP contribution in [0.15, 0.2) is 0 Å². The lowest BCUT2D eigenvalue weighted by atomic mass is 9.44. The Labute approximate surface area is 196 Å². The molecule has 3 heteroatoms. The Balaban J connectivity index is 1.38. The van der Waals surface area contributed by atoms with Gasteiger partial charge in [0.15, 0.2) is 0 Å². The molecule has 2 aliphatic heterocycles. The summed E-state index contributed by atoms with van der Waals surface area (Å²) in [6.07, 6.45) is 12.9. The summed E-state index contributed by atoms with van der Waals surface area (Å²) in [5.41, 5.74) is 0.452. The Morgan fingerprint density at radius 1 is 0.969 bits per heavy atom. The molecule has 3 saturated carbocycles. The Hall–Kier alpha value is -0.570. The van der Waals surface area contributed by atoms with Crippen LogP contribution in [-0.2, 0) is 14.3 Å². The van der Waals surface area contributed by atoms with Gasteiger partial charge in [-0.25, -0.2) is 0 Å². The van der Waals surface area contributed by atoms with Crippen molar-refractivity contribution in [2.24, 2.45) is 52.3 Å². The van der Waals surface area contributed by atoms with Gasteiger partial charge in [0, 0.05) is 5.41 Å². The van der Waals surface area contributed by atoms with Crippen LogP contribution in [0.2, 0.25) is 0 Å². The minimum Gasteiger partial charge on any atom is -0.465 e. The van der Waals surface area contributed by atoms with E-state index in [1.54, 1.807) is 0 Å². The standard InChI is InChI=1S/C29H48O3/c1-18(2)8-7-9-19(3)21-11-12-22-20-10-13-24-27(4,5)32-25-16-26(30)31-17-29(24,25)23(20)14-15-28(21,22)6/h18-25H,7-17H2,1-6H3/t19-,20+,21-,22+,23+,24+,25+,28-,29-/m1/s1. The number of hydrogen-bond acceptors (Lipinski definition) is 3. The number of hydrogen-bond donors (Lipinski definition) is 0. The van der Waals surface area contributed by atoms with E-state index >= 15 is 0 Å². The van der Waals surface area contributed by atoms with Crippen molar-refractivity contribution in [3.8, 4) is 0 Å². The smallest absolute Gasteiger partial charge is 0.308 e. The van der Waals surface area contributed by atoms with Gasteiger partial charge in [-0.1, -0.05) is 47.0 Å². The maximum absolute atomic E-state index is 12.2. The van der Waals surface area contributed by atoms with Gasteiger partial charge in [-0.05, 0) is 99.2 Å². The zero-order valence-corrected chi connectivity index (χ0v) is 21.6. The molecule has 3 aliphatic carbocycles. The molecule has 0 bridgehead atoms. The number of rotatable bonds is 5. The van der Waals surface area contributed by atoms with E-state index in [-0.39, 0.29) is 23.1 Å². The molecule has 0 N–H and O–H groups in total. The summed E-state index contributed by atoms with van der Waals surface area (Å²) < 4.78 is 12.5. The van der Waals surface area contributed by atoms with Crippen LogP contribution < -0.4 is 0 Å². The summed E-state index contributed by atoms with van der Waals surface area (Å²) in [5, 5.41) is 0. The number of esters is 1. The van der Waals surface area contributed by atoms with Crippen molar-refractivity contribution in [3.05, 3.63) is 0 Å². The zero-order valence-electron chi connectivity index (χ0n) is 21.6. The molecule has 0 aromatic carbocycles. The highest BCUT2D eigenvalue weighted by atomic mass is 16.6. The van der Waals surface area contributed by atoms with Gasteiger partial charge in [0.05, 0.1) is 18.1 Å². The molecule has 0 aromatic rings. The van der Waals surface area contributed by atoms with Crippen molar-refractivity contribution in [3.63, 3.8) is 0 Å². The summed E-state index contributed by atoms with van der Waals surface area (Å²) >= 11 is 0. The van der Waals surface area contributed by atoms with E-state index in [9.17, 15) is 4.79 Å². The molecule has 5 fully saturated rings. The third-order valence-corrected chi connectivity index (χ3v) is 11.5. The Morgan fingerprint density at radius 3 is 2.50 bits per heavy atom. The van der Waals surface area contributed by atoms with Crippen molar-refractivity contribution in [1.29, 1.82) is 0 Å². The number of cyclic esters (lactones) is 1. The number of carbonyl (C=O) groups is 1. The van der Waals surface area contributed by atoms with Gasteiger partial charge in [-0.2, -0.15) is 0 Å². The first kappa shape index (κ1) is 23.2. The van der Waals surface area contributed by atoms with E-state index in [0.717, 1.165) is 29.6 Å². The maximum atomic E-state index is 12.2. The molecule has 32 heavy (non-hydrogen) atoms. The normalized spacial score (nSPS) is 47.9. The van der Waals surface area contributed by atoms with E-state index in [4.69, 9.17) is 9.47 Å². The summed E-state index contributed by atoms with van der Waals surface area (Å²) in [6, 6.07) is 0. The summed E-state index contributed by atoms with van der Waals surface area (Å²) in [5.74, 6) is 5.40. The maximum Gasteiger partial charge on any atom is 0.308 e. The zero-order chi connectivity index (χ0) is 22.9. The summed E-state index contributed by atoms with van der Waals surface area (Å²) in [4.78, 5) is 12.2. The minimum absolute atomic E-state index is 0.0454. The van der Waals surface area contributed by atoms with Gasteiger partial charge in [0.25, 0.3) is 0 Å². The van der Waals surface area contributed by atoms with E-state index in [2.05, 4.69) is 41.5 Å². The molecular weight excluding hydrogens is 396 g/mol. The molecule has 3 nitrogen and oxygen atoms in total. The highest BCUT2D eigenvalue weighted by Gasteiger charge is 2.70. The van der Waals surface area contributed by atoms with Crippen molar-refractivity contribution in [2.75, 3.05) is 6.61 Å². The number of ether oxygens (including phenoxy) is 2. The summed E-state index contributed by atoms with van der Waals surface area (Å²) in [6.45, 7) is 15.1. The van der Waals surface area contributed by atoms with Gasteiger partial charge in [-0.15, -0.1) is 0 Å². The van der Waals surface area contributed by atoms with Crippen molar-refractivity contribution in [1.82, 2.24) is 0 Å². The van der Waals surface area contributed by atoms with Crippen molar-refractivity contribution in [2.45, 2.75) is 117 Å². The summed E-state index contributed by atoms with van der Waals surface area (Å²) in [7, 11) is 0. The third-order valence-electron chi connectivity index (χ3n) is 11.5. The molecule has 0 amide bonds. The Morgan fingerprint density at radius 2 is 1.75 bits per heavy atom. The molecule has 9 atom stereocenters. The second-order valence-corrected chi connectivity index (χ2v) is 13.7. The van der Waals surface area contributed by atoms with E-state index in [0.29, 0.717) is 30.3 Å². The van der Waals surface area contributed by atoms with Crippen LogP contribution in [0.1, 0.15) is 106 Å². The van der Waals surface area contributed by atoms with Gasteiger partial charge >= 0.3 is 5.97 Å². The molecule has 0 unspecified atom stereocenters. The Kier molecular flexibility index (Phi) is 5.79. The van der Waals surface area contributed by atoms with Crippen LogP contribution >= 0.6 is 0 Å². The lowest BCUT2D eigenvalue weighted by molar-refractivity contribution is -0.187. The minimum atomic E-state index is -0.131. The lowest BCUT2D eigenvalue weighted by Gasteiger charge is -2.60. The first-order valence-electron chi connectivity index (χ1n) is 13.9. The number of fused-ring (bicyclic) bond motifs is 3. The average molecular weight is 445 g/mol. The molecule has 2 saturated heterocycles. The van der Waals surface area contributed by atoms with Gasteiger partial charge < -0.3 is 9.47 Å². The van der Waals surface area contributed by atoms with Crippen LogP contribution in [0.4, 0.5) is 0 Å². The van der Waals surface area contributed by atoms with Crippen LogP contribution in [0, 0.1) is 52.3 Å². The fourth-order valence-corrected chi connectivity index (χ4v) is 10.2. The van der Waals surface area contributed by atoms with Gasteiger partial charge in [0.1, 0.15) is 6.61 Å². The Bertz CT molecular complexity index is 728. The van der Waals surface area contributed by atoms with Crippen LogP contribution in [0.5, 0.6) is 0 Å². The third kappa shape index (κ3) is 3.34. The molecule has 182 valence electrons. The largest absolute Gasteiger partial charge is 0.465 e. The number of carbonyl (C=O) groups excluding carboxylic acids is 1. The van der Waals surface area contributed by atoms with Crippen molar-refractivity contribution >= 4 is 5.97 Å². The first-order chi connectivity index (χ1) is 15.1. The topological polar surface area (TPSA) is 35.5 Å². The van der Waals surface area contributed by atoms with E-state index in [1.807, 2.05) is 0 Å². The lowest BCUT2D eigenvalue weighted by Crippen LogP contribution is -2.60. The molecule has 1 spiro atoms. The highest BCUT2D eigenvalue weighted by molar-refractivity contribution is 5.71. The van der Waals surface area contributed by atoms with Crippen LogP contribution in [0.3, 0.4) is 0 Å². The first-order valence-corrected chi connectivity index (χ1v) is 13.9. The molecule has 0 aromatic heterocycles. The predicted molar refractivity (Wildman–Crippen MR) is 128 cm³/mol. The van der Waals surface area contributed by atoms with Gasteiger partial charge in [0.2, 0.25) is 0 Å². The molecule has 2 heterocycles. The van der Waals surface area contributed by atoms with Gasteiger partial charge in [-0.3, -0.25) is 4.79 Å². The van der Waals surface area contributed by atoms with Crippen molar-refractivity contribution < 1.29 is 14.3 Å². The monoisotopic (exact) mass is 444 g/mol. The fraction of sp³-hybridized carbons (Fsp3) is 0.966. The average Bonchev–Trinajstić information content (AvgIpc) is 3.18. The SMILES string of the molecule is CC(C)CCC[C@@H](C)[C@H]1CC[C@H]2[C@@H]3CC[C@H]4C(C)(C)O[C@H]5CC(=O)OC[C@]54[C@H]3CC[C@]12C. The fourth-order valence-electron chi connectivity index (χ4n) is 10.2. The quantitative estimate of drug-likeness (QED) is 0.427. The molecule has 5 rings (SSSR count). The predicted octanol–water partition coefficient (Wildman–Crippen LogP) is 7.03. The molecule has 0 radical (unpaired) electrons.